The molecule has 0 radical (unpaired) electrons. The molecule has 0 spiro atoms. The molecule has 2 rings (SSSR count). The van der Waals surface area contributed by atoms with E-state index in [0.717, 1.165) is 38.5 Å². The van der Waals surface area contributed by atoms with Crippen LogP contribution in [0.3, 0.4) is 0 Å². The lowest BCUT2D eigenvalue weighted by atomic mass is 10.1. The molecule has 6 heteroatoms. The fourth-order valence-electron chi connectivity index (χ4n) is 2.40. The van der Waals surface area contributed by atoms with E-state index in [0.29, 0.717) is 0 Å². The number of piperidine rings is 1. The first-order valence-electron chi connectivity index (χ1n) is 6.52. The molecule has 1 aromatic rings. The van der Waals surface area contributed by atoms with Crippen molar-refractivity contribution >= 4 is 5.82 Å². The average Bonchev–Trinajstić information content (AvgIpc) is 2.38. The summed E-state index contributed by atoms with van der Waals surface area (Å²) in [5.41, 5.74) is -0.691. The largest absolute Gasteiger partial charge is 0.419 e. The van der Waals surface area contributed by atoms with Crippen molar-refractivity contribution in [3.8, 4) is 0 Å². The number of nitrogens with one attached hydrogen (secondary N) is 1. The molecule has 1 fully saturated rings. The van der Waals surface area contributed by atoms with E-state index in [1.165, 1.54) is 12.3 Å². The second kappa shape index (κ2) is 5.77. The number of nitrogens with zero attached hydrogens (tertiary/aromatic N) is 2. The van der Waals surface area contributed by atoms with Crippen LogP contribution in [-0.2, 0) is 6.18 Å². The van der Waals surface area contributed by atoms with Gasteiger partial charge < -0.3 is 10.2 Å². The van der Waals surface area contributed by atoms with Gasteiger partial charge in [-0.05, 0) is 38.1 Å². The highest BCUT2D eigenvalue weighted by Crippen LogP contribution is 2.34. The zero-order valence-corrected chi connectivity index (χ0v) is 10.9. The number of anilines is 1. The maximum atomic E-state index is 12.9. The van der Waals surface area contributed by atoms with Crippen molar-refractivity contribution in [2.75, 3.05) is 25.0 Å². The lowest BCUT2D eigenvalue weighted by Crippen LogP contribution is -2.42. The van der Waals surface area contributed by atoms with Gasteiger partial charge in [-0.2, -0.15) is 13.2 Å². The van der Waals surface area contributed by atoms with Gasteiger partial charge in [0.1, 0.15) is 5.82 Å². The van der Waals surface area contributed by atoms with Gasteiger partial charge in [0.15, 0.2) is 0 Å². The summed E-state index contributed by atoms with van der Waals surface area (Å²) < 4.78 is 38.6. The summed E-state index contributed by atoms with van der Waals surface area (Å²) in [5, 5.41) is 2.95. The van der Waals surface area contributed by atoms with E-state index in [9.17, 15) is 13.2 Å². The molecule has 1 aliphatic heterocycles. The Kier molecular flexibility index (Phi) is 4.29. The molecule has 19 heavy (non-hydrogen) atoms. The SMILES string of the molecule is CCN1CCCC(Nc2ncccc2C(F)(F)F)C1. The average molecular weight is 273 g/mol. The minimum atomic E-state index is -4.37. The Morgan fingerprint density at radius 3 is 2.95 bits per heavy atom. The van der Waals surface area contributed by atoms with Crippen LogP contribution in [0.25, 0.3) is 0 Å². The predicted octanol–water partition coefficient (Wildman–Crippen LogP) is 3.00. The van der Waals surface area contributed by atoms with Gasteiger partial charge in [-0.15, -0.1) is 0 Å². The molecule has 2 heterocycles. The van der Waals surface area contributed by atoms with Gasteiger partial charge >= 0.3 is 6.18 Å². The summed E-state index contributed by atoms with van der Waals surface area (Å²) in [6.45, 7) is 4.77. The first kappa shape index (κ1) is 14.1. The number of pyridine rings is 1. The Morgan fingerprint density at radius 2 is 2.26 bits per heavy atom. The number of likely N-dealkylation sites (N-methyl/N-ethyl adjacent to an activating group) is 1. The molecule has 106 valence electrons. The smallest absolute Gasteiger partial charge is 0.366 e. The third-order valence-electron chi connectivity index (χ3n) is 3.41. The third kappa shape index (κ3) is 3.59. The zero-order chi connectivity index (χ0) is 13.9. The lowest BCUT2D eigenvalue weighted by molar-refractivity contribution is -0.137. The lowest BCUT2D eigenvalue weighted by Gasteiger charge is -2.33. The maximum Gasteiger partial charge on any atom is 0.419 e. The quantitative estimate of drug-likeness (QED) is 0.917. The van der Waals surface area contributed by atoms with Crippen LogP contribution in [0, 0.1) is 0 Å². The van der Waals surface area contributed by atoms with E-state index in [4.69, 9.17) is 0 Å². The van der Waals surface area contributed by atoms with Crippen LogP contribution < -0.4 is 5.32 Å². The van der Waals surface area contributed by atoms with Crippen LogP contribution >= 0.6 is 0 Å². The van der Waals surface area contributed by atoms with Gasteiger partial charge in [0.2, 0.25) is 0 Å². The van der Waals surface area contributed by atoms with Gasteiger partial charge in [-0.1, -0.05) is 6.92 Å². The molecule has 1 atom stereocenters. The van der Waals surface area contributed by atoms with E-state index in [-0.39, 0.29) is 11.9 Å². The van der Waals surface area contributed by atoms with Gasteiger partial charge in [-0.3, -0.25) is 0 Å². The molecular weight excluding hydrogens is 255 g/mol. The van der Waals surface area contributed by atoms with Crippen LogP contribution in [0.5, 0.6) is 0 Å². The predicted molar refractivity (Wildman–Crippen MR) is 68.0 cm³/mol. The Hall–Kier alpha value is -1.30. The van der Waals surface area contributed by atoms with Crippen LogP contribution in [-0.4, -0.2) is 35.6 Å². The maximum absolute atomic E-state index is 12.9. The monoisotopic (exact) mass is 273 g/mol. The molecule has 1 N–H and O–H groups in total. The van der Waals surface area contributed by atoms with Gasteiger partial charge in [0.25, 0.3) is 0 Å². The van der Waals surface area contributed by atoms with Crippen molar-refractivity contribution in [3.05, 3.63) is 23.9 Å². The standard InChI is InChI=1S/C13H18F3N3/c1-2-19-8-4-5-10(9-19)18-12-11(13(14,15)16)6-3-7-17-12/h3,6-7,10H,2,4-5,8-9H2,1H3,(H,17,18). The van der Waals surface area contributed by atoms with E-state index >= 15 is 0 Å². The molecule has 0 amide bonds. The number of alkyl halides is 3. The van der Waals surface area contributed by atoms with Crippen LogP contribution in [0.15, 0.2) is 18.3 Å². The summed E-state index contributed by atoms with van der Waals surface area (Å²) in [4.78, 5) is 6.07. The van der Waals surface area contributed by atoms with Crippen LogP contribution in [0.4, 0.5) is 19.0 Å². The fourth-order valence-corrected chi connectivity index (χ4v) is 2.40. The Bertz CT molecular complexity index is 420. The second-order valence-electron chi connectivity index (χ2n) is 4.77. The molecule has 1 aromatic heterocycles. The highest BCUT2D eigenvalue weighted by molar-refractivity contribution is 5.46. The third-order valence-corrected chi connectivity index (χ3v) is 3.41. The van der Waals surface area contributed by atoms with Gasteiger partial charge in [0, 0.05) is 18.8 Å². The van der Waals surface area contributed by atoms with Crippen molar-refractivity contribution in [2.45, 2.75) is 32.0 Å². The highest BCUT2D eigenvalue weighted by Gasteiger charge is 2.34. The molecule has 0 aliphatic carbocycles. The molecule has 3 nitrogen and oxygen atoms in total. The van der Waals surface area contributed by atoms with Crippen LogP contribution in [0.1, 0.15) is 25.3 Å². The minimum Gasteiger partial charge on any atom is -0.366 e. The molecule has 1 unspecified atom stereocenters. The molecule has 1 saturated heterocycles. The summed E-state index contributed by atoms with van der Waals surface area (Å²) in [6, 6.07) is 2.41. The Morgan fingerprint density at radius 1 is 1.47 bits per heavy atom. The normalized spacial score (nSPS) is 21.4. The first-order valence-corrected chi connectivity index (χ1v) is 6.52. The van der Waals surface area contributed by atoms with Crippen LogP contribution in [0.2, 0.25) is 0 Å². The second-order valence-corrected chi connectivity index (χ2v) is 4.77. The molecule has 0 aromatic carbocycles. The summed E-state index contributed by atoms with van der Waals surface area (Å²) in [7, 11) is 0. The van der Waals surface area contributed by atoms with Crippen molar-refractivity contribution in [3.63, 3.8) is 0 Å². The van der Waals surface area contributed by atoms with E-state index in [1.807, 2.05) is 0 Å². The number of hydrogen-bond donors (Lipinski definition) is 1. The van der Waals surface area contributed by atoms with Crippen molar-refractivity contribution in [1.82, 2.24) is 9.88 Å². The summed E-state index contributed by atoms with van der Waals surface area (Å²) >= 11 is 0. The first-order chi connectivity index (χ1) is 9.00. The molecule has 0 bridgehead atoms. The fraction of sp³-hybridized carbons (Fsp3) is 0.615. The Balaban J connectivity index is 2.11. The zero-order valence-electron chi connectivity index (χ0n) is 10.9. The van der Waals surface area contributed by atoms with Gasteiger partial charge in [-0.25, -0.2) is 4.98 Å². The summed E-state index contributed by atoms with van der Waals surface area (Å²) in [6.07, 6.45) is -1.10. The summed E-state index contributed by atoms with van der Waals surface area (Å²) in [5.74, 6) is -0.0575. The van der Waals surface area contributed by atoms with E-state index < -0.39 is 11.7 Å². The van der Waals surface area contributed by atoms with E-state index in [1.54, 1.807) is 0 Å². The molecular formula is C13H18F3N3. The highest BCUT2D eigenvalue weighted by atomic mass is 19.4. The van der Waals surface area contributed by atoms with Crippen molar-refractivity contribution < 1.29 is 13.2 Å². The number of likely N-dealkylation sites (tertiary alicyclic amines) is 1. The van der Waals surface area contributed by atoms with Crippen molar-refractivity contribution in [2.24, 2.45) is 0 Å². The van der Waals surface area contributed by atoms with Crippen molar-refractivity contribution in [1.29, 1.82) is 0 Å². The van der Waals surface area contributed by atoms with E-state index in [2.05, 4.69) is 22.1 Å². The number of halogens is 3. The number of rotatable bonds is 3. The minimum absolute atomic E-state index is 0.0321. The molecule has 1 aliphatic rings. The topological polar surface area (TPSA) is 28.2 Å². The number of aromatic nitrogens is 1. The number of hydrogen-bond acceptors (Lipinski definition) is 3. The molecule has 0 saturated carbocycles. The Labute approximate surface area is 110 Å². The van der Waals surface area contributed by atoms with Gasteiger partial charge in [0.05, 0.1) is 5.56 Å².